The number of thiocarbonyl (C=S) groups is 1. The highest BCUT2D eigenvalue weighted by Gasteiger charge is 2.13. The minimum Gasteiger partial charge on any atom is -0.393 e. The van der Waals surface area contributed by atoms with Crippen LogP contribution in [0, 0.1) is 13.8 Å². The molecule has 5 heteroatoms. The summed E-state index contributed by atoms with van der Waals surface area (Å²) in [5.74, 6) is 0. The van der Waals surface area contributed by atoms with Gasteiger partial charge in [-0.25, -0.2) is 4.98 Å². The molecule has 0 fully saturated rings. The monoisotopic (exact) mass is 268 g/mol. The van der Waals surface area contributed by atoms with Crippen LogP contribution < -0.4 is 5.73 Å². The standard InChI is InChI=1S/C11H12N2S3/c1-6-3-4-15-11(6)10-7(2)16-9(13-10)5-8(12)14/h3-4H,5H2,1-2H3,(H2,12,14). The SMILES string of the molecule is Cc1ccsc1-c1nc(CC(N)=S)sc1C. The zero-order chi connectivity index (χ0) is 11.7. The van der Waals surface area contributed by atoms with Gasteiger partial charge in [-0.05, 0) is 30.9 Å². The lowest BCUT2D eigenvalue weighted by Crippen LogP contribution is -2.10. The Morgan fingerprint density at radius 1 is 1.50 bits per heavy atom. The van der Waals surface area contributed by atoms with Crippen molar-refractivity contribution in [3.63, 3.8) is 0 Å². The van der Waals surface area contributed by atoms with Crippen LogP contribution in [0.25, 0.3) is 10.6 Å². The predicted molar refractivity (Wildman–Crippen MR) is 75.4 cm³/mol. The van der Waals surface area contributed by atoms with E-state index < -0.39 is 0 Å². The molecule has 0 aliphatic rings. The van der Waals surface area contributed by atoms with E-state index in [0.717, 1.165) is 10.7 Å². The van der Waals surface area contributed by atoms with Crippen LogP contribution in [0.5, 0.6) is 0 Å². The number of thiophene rings is 1. The molecule has 2 aromatic heterocycles. The quantitative estimate of drug-likeness (QED) is 0.868. The molecular weight excluding hydrogens is 256 g/mol. The van der Waals surface area contributed by atoms with Gasteiger partial charge in [0, 0.05) is 11.3 Å². The fourth-order valence-electron chi connectivity index (χ4n) is 1.50. The second-order valence-corrected chi connectivity index (χ2v) is 6.32. The van der Waals surface area contributed by atoms with Gasteiger partial charge < -0.3 is 5.73 Å². The van der Waals surface area contributed by atoms with E-state index in [1.165, 1.54) is 15.3 Å². The van der Waals surface area contributed by atoms with Gasteiger partial charge in [0.2, 0.25) is 0 Å². The van der Waals surface area contributed by atoms with Gasteiger partial charge in [0.1, 0.15) is 5.01 Å². The number of aryl methyl sites for hydroxylation is 2. The van der Waals surface area contributed by atoms with E-state index in [9.17, 15) is 0 Å². The van der Waals surface area contributed by atoms with E-state index >= 15 is 0 Å². The Hall–Kier alpha value is -0.780. The molecule has 16 heavy (non-hydrogen) atoms. The van der Waals surface area contributed by atoms with E-state index in [1.807, 2.05) is 0 Å². The molecule has 0 saturated carbocycles. The van der Waals surface area contributed by atoms with Gasteiger partial charge in [-0.15, -0.1) is 22.7 Å². The van der Waals surface area contributed by atoms with Crippen LogP contribution in [0.1, 0.15) is 15.4 Å². The molecule has 0 bridgehead atoms. The van der Waals surface area contributed by atoms with Gasteiger partial charge in [-0.2, -0.15) is 0 Å². The van der Waals surface area contributed by atoms with Crippen LogP contribution in [0.15, 0.2) is 11.4 Å². The number of aromatic nitrogens is 1. The molecule has 0 atom stereocenters. The van der Waals surface area contributed by atoms with Gasteiger partial charge in [-0.1, -0.05) is 12.2 Å². The van der Waals surface area contributed by atoms with Gasteiger partial charge in [0.05, 0.1) is 15.6 Å². The van der Waals surface area contributed by atoms with Crippen LogP contribution in [-0.2, 0) is 6.42 Å². The smallest absolute Gasteiger partial charge is 0.100 e. The zero-order valence-electron chi connectivity index (χ0n) is 9.11. The summed E-state index contributed by atoms with van der Waals surface area (Å²) in [6.07, 6.45) is 0.602. The van der Waals surface area contributed by atoms with Crippen molar-refractivity contribution >= 4 is 39.9 Å². The second-order valence-electron chi connectivity index (χ2n) is 3.59. The fourth-order valence-corrected chi connectivity index (χ4v) is 3.73. The third kappa shape index (κ3) is 2.31. The first kappa shape index (κ1) is 11.7. The summed E-state index contributed by atoms with van der Waals surface area (Å²) in [7, 11) is 0. The number of rotatable bonds is 3. The molecule has 2 aromatic rings. The van der Waals surface area contributed by atoms with E-state index in [1.54, 1.807) is 22.7 Å². The summed E-state index contributed by atoms with van der Waals surface area (Å²) in [5.41, 5.74) is 7.90. The van der Waals surface area contributed by atoms with Crippen LogP contribution in [0.4, 0.5) is 0 Å². The number of hydrogen-bond acceptors (Lipinski definition) is 4. The third-order valence-corrected chi connectivity index (χ3v) is 4.38. The van der Waals surface area contributed by atoms with Gasteiger partial charge >= 0.3 is 0 Å². The van der Waals surface area contributed by atoms with Crippen molar-refractivity contribution in [1.82, 2.24) is 4.98 Å². The molecule has 0 aliphatic heterocycles. The van der Waals surface area contributed by atoms with Crippen molar-refractivity contribution in [2.45, 2.75) is 20.3 Å². The topological polar surface area (TPSA) is 38.9 Å². The van der Waals surface area contributed by atoms with Crippen LogP contribution in [-0.4, -0.2) is 9.97 Å². The van der Waals surface area contributed by atoms with Crippen molar-refractivity contribution in [1.29, 1.82) is 0 Å². The average molecular weight is 268 g/mol. The Labute approximate surface area is 108 Å². The molecule has 2 heterocycles. The maximum atomic E-state index is 5.53. The maximum Gasteiger partial charge on any atom is 0.100 e. The van der Waals surface area contributed by atoms with Crippen molar-refractivity contribution in [2.24, 2.45) is 5.73 Å². The van der Waals surface area contributed by atoms with Crippen LogP contribution in [0.3, 0.4) is 0 Å². The summed E-state index contributed by atoms with van der Waals surface area (Å²) in [6, 6.07) is 2.12. The minimum atomic E-state index is 0.503. The Morgan fingerprint density at radius 3 is 2.81 bits per heavy atom. The summed E-state index contributed by atoms with van der Waals surface area (Å²) in [5, 5.41) is 3.10. The highest BCUT2D eigenvalue weighted by Crippen LogP contribution is 2.33. The molecule has 84 valence electrons. The molecule has 0 unspecified atom stereocenters. The lowest BCUT2D eigenvalue weighted by atomic mass is 10.2. The average Bonchev–Trinajstić information content (AvgIpc) is 2.71. The largest absolute Gasteiger partial charge is 0.393 e. The van der Waals surface area contributed by atoms with E-state index in [0.29, 0.717) is 11.4 Å². The molecule has 0 aromatic carbocycles. The molecule has 2 N–H and O–H groups in total. The number of thiazole rings is 1. The maximum absolute atomic E-state index is 5.53. The molecule has 0 spiro atoms. The minimum absolute atomic E-state index is 0.503. The lowest BCUT2D eigenvalue weighted by Gasteiger charge is -1.95. The Bertz CT molecular complexity index is 525. The first-order valence-corrected chi connectivity index (χ1v) is 6.97. The molecule has 2 nitrogen and oxygen atoms in total. The van der Waals surface area contributed by atoms with Crippen molar-refractivity contribution in [3.8, 4) is 10.6 Å². The van der Waals surface area contributed by atoms with Crippen molar-refractivity contribution < 1.29 is 0 Å². The predicted octanol–water partition coefficient (Wildman–Crippen LogP) is 3.32. The molecule has 0 amide bonds. The molecule has 0 saturated heterocycles. The fraction of sp³-hybridized carbons (Fsp3) is 0.273. The highest BCUT2D eigenvalue weighted by molar-refractivity contribution is 7.80. The number of nitrogens with zero attached hydrogens (tertiary/aromatic N) is 1. The van der Waals surface area contributed by atoms with E-state index in [-0.39, 0.29) is 0 Å². The molecular formula is C11H12N2S3. The zero-order valence-corrected chi connectivity index (χ0v) is 11.6. The summed E-state index contributed by atoms with van der Waals surface area (Å²) < 4.78 is 0. The van der Waals surface area contributed by atoms with Crippen LogP contribution in [0.2, 0.25) is 0 Å². The van der Waals surface area contributed by atoms with Crippen LogP contribution >= 0.6 is 34.9 Å². The summed E-state index contributed by atoms with van der Waals surface area (Å²) in [4.78, 5) is 7.60. The first-order chi connectivity index (χ1) is 7.58. The van der Waals surface area contributed by atoms with Crippen molar-refractivity contribution in [3.05, 3.63) is 26.9 Å². The van der Waals surface area contributed by atoms with Gasteiger partial charge in [0.25, 0.3) is 0 Å². The summed E-state index contributed by atoms with van der Waals surface area (Å²) in [6.45, 7) is 4.20. The lowest BCUT2D eigenvalue weighted by molar-refractivity contribution is 1.22. The second kappa shape index (κ2) is 4.61. The van der Waals surface area contributed by atoms with Crippen molar-refractivity contribution in [2.75, 3.05) is 0 Å². The van der Waals surface area contributed by atoms with Gasteiger partial charge in [-0.3, -0.25) is 0 Å². The third-order valence-electron chi connectivity index (χ3n) is 2.24. The van der Waals surface area contributed by atoms with Gasteiger partial charge in [0.15, 0.2) is 0 Å². The van der Waals surface area contributed by atoms with E-state index in [4.69, 9.17) is 18.0 Å². The molecule has 2 rings (SSSR count). The Morgan fingerprint density at radius 2 is 2.25 bits per heavy atom. The van der Waals surface area contributed by atoms with E-state index in [2.05, 4.69) is 30.3 Å². The molecule has 0 radical (unpaired) electrons. The highest BCUT2D eigenvalue weighted by atomic mass is 32.1. The Kier molecular flexibility index (Phi) is 3.37. The summed E-state index contributed by atoms with van der Waals surface area (Å²) >= 11 is 8.31. The molecule has 0 aliphatic carbocycles. The number of nitrogens with two attached hydrogens (primary N) is 1. The number of hydrogen-bond donors (Lipinski definition) is 1. The first-order valence-electron chi connectivity index (χ1n) is 4.87. The Balaban J connectivity index is 2.39. The normalized spacial score (nSPS) is 10.6.